The number of nitrogens with one attached hydrogen (secondary N) is 1. The molecule has 0 bridgehead atoms. The van der Waals surface area contributed by atoms with Crippen molar-refractivity contribution in [3.05, 3.63) is 95.6 Å². The van der Waals surface area contributed by atoms with Crippen LogP contribution in [0.2, 0.25) is 0 Å². The van der Waals surface area contributed by atoms with Gasteiger partial charge in [0.1, 0.15) is 37.1 Å². The largest absolute Gasteiger partial charge is 0.459 e. The Balaban J connectivity index is 1.42. The van der Waals surface area contributed by atoms with E-state index in [4.69, 9.17) is 9.47 Å². The first-order valence-electron chi connectivity index (χ1n) is 9.60. The fraction of sp³-hybridized carbons (Fsp3) is 0.208. The summed E-state index contributed by atoms with van der Waals surface area (Å²) in [6, 6.07) is 25.7. The van der Waals surface area contributed by atoms with Crippen molar-refractivity contribution >= 4 is 5.97 Å². The Morgan fingerprint density at radius 1 is 0.893 bits per heavy atom. The Hall–Kier alpha value is -3.11. The van der Waals surface area contributed by atoms with E-state index in [1.54, 1.807) is 0 Å². The number of ether oxygens (including phenoxy) is 2. The second-order valence-corrected chi connectivity index (χ2v) is 7.15. The molecule has 3 aromatic carbocycles. The molecule has 1 aliphatic rings. The van der Waals surface area contributed by atoms with E-state index < -0.39 is 5.92 Å². The Morgan fingerprint density at radius 3 is 2.11 bits per heavy atom. The van der Waals surface area contributed by atoms with Gasteiger partial charge in [-0.25, -0.2) is 0 Å². The monoisotopic (exact) mass is 374 g/mol. The molecule has 28 heavy (non-hydrogen) atoms. The summed E-state index contributed by atoms with van der Waals surface area (Å²) < 4.78 is 11.6. The second kappa shape index (κ2) is 8.28. The lowest BCUT2D eigenvalue weighted by molar-refractivity contribution is -0.893. The highest BCUT2D eigenvalue weighted by atomic mass is 16.5. The van der Waals surface area contributed by atoms with Crippen molar-refractivity contribution in [1.82, 2.24) is 0 Å². The topological polar surface area (TPSA) is 40.0 Å². The van der Waals surface area contributed by atoms with Gasteiger partial charge < -0.3 is 14.4 Å². The maximum Gasteiger partial charge on any atom is 0.318 e. The van der Waals surface area contributed by atoms with Crippen LogP contribution in [0.5, 0.6) is 11.5 Å². The Morgan fingerprint density at radius 2 is 1.46 bits per heavy atom. The Bertz CT molecular complexity index is 909. The molecule has 0 radical (unpaired) electrons. The number of hydrogen-bond donors (Lipinski definition) is 1. The molecule has 1 aliphatic heterocycles. The summed E-state index contributed by atoms with van der Waals surface area (Å²) >= 11 is 0. The minimum absolute atomic E-state index is 0.226. The van der Waals surface area contributed by atoms with E-state index in [1.807, 2.05) is 66.7 Å². The summed E-state index contributed by atoms with van der Waals surface area (Å²) in [5.74, 6) is 0.760. The van der Waals surface area contributed by atoms with Crippen molar-refractivity contribution in [2.75, 3.05) is 20.2 Å². The summed E-state index contributed by atoms with van der Waals surface area (Å²) in [5, 5.41) is 0. The van der Waals surface area contributed by atoms with Crippen LogP contribution < -0.4 is 9.64 Å². The number of hydrogen-bond acceptors (Lipinski definition) is 3. The number of quaternary nitrogens is 1. The Kier molecular flexibility index (Phi) is 5.40. The van der Waals surface area contributed by atoms with Crippen LogP contribution >= 0.6 is 0 Å². The summed E-state index contributed by atoms with van der Waals surface area (Å²) in [7, 11) is 2.11. The zero-order valence-electron chi connectivity index (χ0n) is 15.9. The van der Waals surface area contributed by atoms with Crippen molar-refractivity contribution in [2.45, 2.75) is 12.5 Å². The van der Waals surface area contributed by atoms with E-state index in [0.29, 0.717) is 6.61 Å². The van der Waals surface area contributed by atoms with Crippen molar-refractivity contribution in [3.8, 4) is 11.5 Å². The highest BCUT2D eigenvalue weighted by Crippen LogP contribution is 2.44. The van der Waals surface area contributed by atoms with Gasteiger partial charge in [0.15, 0.2) is 0 Å². The van der Waals surface area contributed by atoms with Gasteiger partial charge in [0.05, 0.1) is 7.05 Å². The van der Waals surface area contributed by atoms with Gasteiger partial charge in [-0.05, 0) is 12.1 Å². The zero-order chi connectivity index (χ0) is 19.3. The summed E-state index contributed by atoms with van der Waals surface area (Å²) in [6.45, 7) is 2.05. The normalized spacial score (nSPS) is 13.8. The third-order valence-electron chi connectivity index (χ3n) is 5.04. The smallest absolute Gasteiger partial charge is 0.318 e. The van der Waals surface area contributed by atoms with E-state index in [1.165, 1.54) is 10.5 Å². The third kappa shape index (κ3) is 3.92. The first-order chi connectivity index (χ1) is 13.7. The van der Waals surface area contributed by atoms with Crippen molar-refractivity contribution in [2.24, 2.45) is 0 Å². The molecule has 3 aromatic rings. The second-order valence-electron chi connectivity index (χ2n) is 7.15. The van der Waals surface area contributed by atoms with Crippen LogP contribution in [0.15, 0.2) is 78.9 Å². The van der Waals surface area contributed by atoms with Crippen LogP contribution in [0.25, 0.3) is 0 Å². The van der Waals surface area contributed by atoms with Crippen molar-refractivity contribution in [3.63, 3.8) is 0 Å². The van der Waals surface area contributed by atoms with Crippen LogP contribution in [0.3, 0.4) is 0 Å². The van der Waals surface area contributed by atoms with Gasteiger partial charge in [-0.3, -0.25) is 4.79 Å². The van der Waals surface area contributed by atoms with Crippen molar-refractivity contribution in [1.29, 1.82) is 0 Å². The lowest BCUT2D eigenvalue weighted by Crippen LogP contribution is -3.08. The van der Waals surface area contributed by atoms with Crippen LogP contribution in [-0.2, 0) is 16.1 Å². The van der Waals surface area contributed by atoms with Gasteiger partial charge in [0.2, 0.25) is 0 Å². The maximum atomic E-state index is 13.0. The highest BCUT2D eigenvalue weighted by Gasteiger charge is 2.33. The molecule has 4 heteroatoms. The molecule has 0 aromatic heterocycles. The molecule has 0 saturated heterocycles. The minimum Gasteiger partial charge on any atom is -0.459 e. The quantitative estimate of drug-likeness (QED) is 0.674. The molecule has 4 rings (SSSR count). The van der Waals surface area contributed by atoms with Gasteiger partial charge >= 0.3 is 5.97 Å². The maximum absolute atomic E-state index is 13.0. The summed E-state index contributed by atoms with van der Waals surface area (Å²) in [6.07, 6.45) is 0. The molecule has 142 valence electrons. The van der Waals surface area contributed by atoms with Crippen LogP contribution in [0.4, 0.5) is 0 Å². The average molecular weight is 374 g/mol. The van der Waals surface area contributed by atoms with Gasteiger partial charge in [-0.2, -0.15) is 0 Å². The molecule has 1 N–H and O–H groups in total. The Labute approximate surface area is 165 Å². The van der Waals surface area contributed by atoms with Crippen LogP contribution in [0, 0.1) is 0 Å². The number of likely N-dealkylation sites (N-methyl/N-ethyl adjacent to an activating group) is 1. The van der Waals surface area contributed by atoms with Crippen LogP contribution in [-0.4, -0.2) is 26.2 Å². The highest BCUT2D eigenvalue weighted by molar-refractivity contribution is 5.85. The molecule has 0 spiro atoms. The van der Waals surface area contributed by atoms with Gasteiger partial charge in [0.25, 0.3) is 0 Å². The van der Waals surface area contributed by atoms with E-state index in [2.05, 4.69) is 19.2 Å². The van der Waals surface area contributed by atoms with E-state index in [0.717, 1.165) is 35.7 Å². The molecule has 4 nitrogen and oxygen atoms in total. The number of carbonyl (C=O) groups excluding carboxylic acids is 1. The number of benzene rings is 3. The van der Waals surface area contributed by atoms with E-state index >= 15 is 0 Å². The third-order valence-corrected chi connectivity index (χ3v) is 5.04. The molecule has 1 atom stereocenters. The predicted molar refractivity (Wildman–Crippen MR) is 108 cm³/mol. The minimum atomic E-state index is -0.449. The molecule has 1 heterocycles. The average Bonchev–Trinajstić information content (AvgIpc) is 2.72. The predicted octanol–water partition coefficient (Wildman–Crippen LogP) is 3.18. The molecule has 0 saturated carbocycles. The molecular formula is C24H24NO3+. The van der Waals surface area contributed by atoms with Crippen molar-refractivity contribution < 1.29 is 19.2 Å². The number of carbonyl (C=O) groups is 1. The molecule has 0 amide bonds. The zero-order valence-corrected chi connectivity index (χ0v) is 15.9. The van der Waals surface area contributed by atoms with E-state index in [9.17, 15) is 4.79 Å². The molecule has 0 fully saturated rings. The molecule has 0 aliphatic carbocycles. The van der Waals surface area contributed by atoms with Crippen LogP contribution in [0.1, 0.15) is 22.6 Å². The van der Waals surface area contributed by atoms with E-state index in [-0.39, 0.29) is 5.97 Å². The lowest BCUT2D eigenvalue weighted by Gasteiger charge is -2.26. The number of para-hydroxylation sites is 2. The summed E-state index contributed by atoms with van der Waals surface area (Å²) in [4.78, 5) is 14.3. The fourth-order valence-electron chi connectivity index (χ4n) is 3.61. The van der Waals surface area contributed by atoms with Gasteiger partial charge in [-0.15, -0.1) is 0 Å². The molecular weight excluding hydrogens is 350 g/mol. The number of fused-ring (bicyclic) bond motifs is 2. The number of esters is 1. The SMILES string of the molecule is C[NH+](CCOC(=O)C1c2ccccc2Oc2ccccc21)Cc1ccccc1. The first kappa shape index (κ1) is 18.3. The van der Waals surface area contributed by atoms with Gasteiger partial charge in [-0.1, -0.05) is 66.7 Å². The first-order valence-corrected chi connectivity index (χ1v) is 9.60. The lowest BCUT2D eigenvalue weighted by atomic mass is 9.88. The molecule has 1 unspecified atom stereocenters. The fourth-order valence-corrected chi connectivity index (χ4v) is 3.61. The van der Waals surface area contributed by atoms with Gasteiger partial charge in [0, 0.05) is 16.7 Å². The standard InChI is InChI=1S/C24H23NO3/c1-25(17-18-9-3-2-4-10-18)15-16-27-24(26)23-19-11-5-7-13-21(19)28-22-14-8-6-12-20(22)23/h2-14,23H,15-17H2,1H3/p+1. The summed E-state index contributed by atoms with van der Waals surface area (Å²) in [5.41, 5.74) is 2.99. The number of rotatable bonds is 6.